The van der Waals surface area contributed by atoms with Crippen LogP contribution in [-0.2, 0) is 6.54 Å². The fourth-order valence-electron chi connectivity index (χ4n) is 1.22. The van der Waals surface area contributed by atoms with E-state index in [-0.39, 0.29) is 6.29 Å². The van der Waals surface area contributed by atoms with Gasteiger partial charge in [0.25, 0.3) is 6.43 Å². The molecular weight excluding hydrogens is 263 g/mol. The number of halogens is 5. The van der Waals surface area contributed by atoms with Crippen LogP contribution in [0.4, 0.5) is 22.0 Å². The lowest BCUT2D eigenvalue weighted by atomic mass is 10.1. The Bertz CT molecular complexity index is 447. The van der Waals surface area contributed by atoms with Gasteiger partial charge >= 0.3 is 6.36 Å². The van der Waals surface area contributed by atoms with E-state index in [4.69, 9.17) is 5.73 Å². The Balaban J connectivity index is 3.39. The van der Waals surface area contributed by atoms with Crippen molar-refractivity contribution in [3.8, 4) is 5.75 Å². The number of aldehydes is 1. The van der Waals surface area contributed by atoms with Gasteiger partial charge in [-0.05, 0) is 6.07 Å². The third kappa shape index (κ3) is 3.36. The van der Waals surface area contributed by atoms with E-state index in [0.717, 1.165) is 0 Å². The van der Waals surface area contributed by atoms with E-state index in [1.807, 2.05) is 0 Å². The average Bonchev–Trinajstić information content (AvgIpc) is 2.26. The molecular formula is C9H7F5N2O2. The molecule has 0 bridgehead atoms. The highest BCUT2D eigenvalue weighted by molar-refractivity contribution is 5.73. The second-order valence-electron chi connectivity index (χ2n) is 3.08. The van der Waals surface area contributed by atoms with E-state index in [0.29, 0.717) is 6.07 Å². The van der Waals surface area contributed by atoms with Crippen molar-refractivity contribution in [3.63, 3.8) is 0 Å². The van der Waals surface area contributed by atoms with Crippen LogP contribution in [0.1, 0.15) is 28.2 Å². The maximum absolute atomic E-state index is 12.6. The molecule has 100 valence electrons. The van der Waals surface area contributed by atoms with Crippen LogP contribution in [0.5, 0.6) is 5.75 Å². The van der Waals surface area contributed by atoms with Gasteiger partial charge in [0.15, 0.2) is 12.0 Å². The average molecular weight is 270 g/mol. The van der Waals surface area contributed by atoms with Crippen LogP contribution < -0.4 is 10.5 Å². The first-order valence-electron chi connectivity index (χ1n) is 4.51. The first kappa shape index (κ1) is 14.3. The van der Waals surface area contributed by atoms with Crippen LogP contribution in [0.25, 0.3) is 0 Å². The van der Waals surface area contributed by atoms with Crippen molar-refractivity contribution in [2.24, 2.45) is 5.73 Å². The Kier molecular flexibility index (Phi) is 4.17. The fourth-order valence-corrected chi connectivity index (χ4v) is 1.22. The van der Waals surface area contributed by atoms with Crippen molar-refractivity contribution in [1.82, 2.24) is 4.98 Å². The number of pyridine rings is 1. The molecule has 0 saturated heterocycles. The Hall–Kier alpha value is -1.77. The molecule has 0 aromatic carbocycles. The SMILES string of the molecule is NCc1nc(C=O)cc(C(F)F)c1OC(F)(F)F. The van der Waals surface area contributed by atoms with Gasteiger partial charge < -0.3 is 10.5 Å². The summed E-state index contributed by atoms with van der Waals surface area (Å²) in [6.07, 6.45) is -8.28. The molecule has 0 fully saturated rings. The second kappa shape index (κ2) is 5.25. The molecule has 9 heteroatoms. The molecule has 0 unspecified atom stereocenters. The normalized spacial score (nSPS) is 11.7. The molecule has 0 atom stereocenters. The van der Waals surface area contributed by atoms with E-state index >= 15 is 0 Å². The predicted molar refractivity (Wildman–Crippen MR) is 49.2 cm³/mol. The topological polar surface area (TPSA) is 65.2 Å². The number of nitrogens with zero attached hydrogens (tertiary/aromatic N) is 1. The van der Waals surface area contributed by atoms with Gasteiger partial charge in [0, 0.05) is 6.54 Å². The Labute approximate surface area is 97.6 Å². The molecule has 2 N–H and O–H groups in total. The maximum Gasteiger partial charge on any atom is 0.573 e. The van der Waals surface area contributed by atoms with Gasteiger partial charge in [-0.3, -0.25) is 4.79 Å². The van der Waals surface area contributed by atoms with Crippen molar-refractivity contribution in [3.05, 3.63) is 23.0 Å². The van der Waals surface area contributed by atoms with Crippen LogP contribution in [-0.4, -0.2) is 17.6 Å². The zero-order chi connectivity index (χ0) is 13.9. The largest absolute Gasteiger partial charge is 0.573 e. The minimum Gasteiger partial charge on any atom is -0.403 e. The number of carbonyl (C=O) groups is 1. The smallest absolute Gasteiger partial charge is 0.403 e. The molecule has 0 aliphatic rings. The molecule has 4 nitrogen and oxygen atoms in total. The molecule has 0 aliphatic carbocycles. The summed E-state index contributed by atoms with van der Waals surface area (Å²) in [6.45, 7) is -0.577. The number of ether oxygens (including phenoxy) is 1. The Morgan fingerprint density at radius 1 is 1.44 bits per heavy atom. The molecule has 1 aromatic rings. The molecule has 1 rings (SSSR count). The molecule has 0 spiro atoms. The molecule has 1 heterocycles. The molecule has 0 radical (unpaired) electrons. The predicted octanol–water partition coefficient (Wildman–Crippen LogP) is 2.19. The van der Waals surface area contributed by atoms with Crippen molar-refractivity contribution in [2.45, 2.75) is 19.3 Å². The lowest BCUT2D eigenvalue weighted by molar-refractivity contribution is -0.275. The minimum absolute atomic E-state index is 0.127. The Morgan fingerprint density at radius 3 is 2.44 bits per heavy atom. The highest BCUT2D eigenvalue weighted by Crippen LogP contribution is 2.35. The van der Waals surface area contributed by atoms with Crippen LogP contribution in [0, 0.1) is 0 Å². The molecule has 0 aliphatic heterocycles. The van der Waals surface area contributed by atoms with Crippen LogP contribution in [0.2, 0.25) is 0 Å². The molecule has 0 saturated carbocycles. The van der Waals surface area contributed by atoms with E-state index in [1.165, 1.54) is 0 Å². The summed E-state index contributed by atoms with van der Waals surface area (Å²) in [5.74, 6) is -1.16. The monoisotopic (exact) mass is 270 g/mol. The third-order valence-corrected chi connectivity index (χ3v) is 1.86. The third-order valence-electron chi connectivity index (χ3n) is 1.86. The quantitative estimate of drug-likeness (QED) is 0.672. The summed E-state index contributed by atoms with van der Waals surface area (Å²) in [5.41, 5.74) is 3.01. The van der Waals surface area contributed by atoms with Gasteiger partial charge in [0.2, 0.25) is 0 Å². The zero-order valence-electron chi connectivity index (χ0n) is 8.67. The van der Waals surface area contributed by atoms with Crippen LogP contribution >= 0.6 is 0 Å². The van der Waals surface area contributed by atoms with Crippen molar-refractivity contribution < 1.29 is 31.5 Å². The fraction of sp³-hybridized carbons (Fsp3) is 0.333. The number of hydrogen-bond donors (Lipinski definition) is 1. The minimum atomic E-state index is -5.15. The summed E-state index contributed by atoms with van der Waals surface area (Å²) < 4.78 is 64.9. The van der Waals surface area contributed by atoms with Gasteiger partial charge in [-0.15, -0.1) is 13.2 Å². The zero-order valence-corrected chi connectivity index (χ0v) is 8.67. The van der Waals surface area contributed by atoms with E-state index < -0.39 is 42.0 Å². The van der Waals surface area contributed by atoms with E-state index in [9.17, 15) is 26.7 Å². The van der Waals surface area contributed by atoms with Crippen molar-refractivity contribution in [2.75, 3.05) is 0 Å². The first-order chi connectivity index (χ1) is 8.28. The second-order valence-corrected chi connectivity index (χ2v) is 3.08. The van der Waals surface area contributed by atoms with E-state index in [1.54, 1.807) is 0 Å². The van der Waals surface area contributed by atoms with Gasteiger partial charge in [0.1, 0.15) is 5.69 Å². The highest BCUT2D eigenvalue weighted by Gasteiger charge is 2.35. The molecule has 18 heavy (non-hydrogen) atoms. The molecule has 1 aromatic heterocycles. The standard InChI is InChI=1S/C9H7F5N2O2/c10-8(11)5-1-4(3-17)16-6(2-15)7(5)18-9(12,13)14/h1,3,8H,2,15H2. The van der Waals surface area contributed by atoms with Crippen molar-refractivity contribution in [1.29, 1.82) is 0 Å². The van der Waals surface area contributed by atoms with Crippen molar-refractivity contribution >= 4 is 6.29 Å². The summed E-state index contributed by atoms with van der Waals surface area (Å²) in [5, 5.41) is 0. The number of alkyl halides is 5. The number of rotatable bonds is 4. The van der Waals surface area contributed by atoms with Crippen LogP contribution in [0.3, 0.4) is 0 Å². The molecule has 0 amide bonds. The number of carbonyl (C=O) groups excluding carboxylic acids is 1. The lowest BCUT2D eigenvalue weighted by Gasteiger charge is -2.16. The van der Waals surface area contributed by atoms with Gasteiger partial charge in [-0.25, -0.2) is 13.8 Å². The summed E-state index contributed by atoms with van der Waals surface area (Å²) in [4.78, 5) is 13.8. The summed E-state index contributed by atoms with van der Waals surface area (Å²) in [6, 6.07) is 0.526. The van der Waals surface area contributed by atoms with Crippen LogP contribution in [0.15, 0.2) is 6.07 Å². The van der Waals surface area contributed by atoms with Gasteiger partial charge in [0.05, 0.1) is 11.3 Å². The summed E-state index contributed by atoms with van der Waals surface area (Å²) >= 11 is 0. The summed E-state index contributed by atoms with van der Waals surface area (Å²) in [7, 11) is 0. The highest BCUT2D eigenvalue weighted by atomic mass is 19.4. The van der Waals surface area contributed by atoms with E-state index in [2.05, 4.69) is 9.72 Å². The van der Waals surface area contributed by atoms with Gasteiger partial charge in [-0.2, -0.15) is 0 Å². The van der Waals surface area contributed by atoms with Gasteiger partial charge in [-0.1, -0.05) is 0 Å². The Morgan fingerprint density at radius 2 is 2.06 bits per heavy atom. The first-order valence-corrected chi connectivity index (χ1v) is 4.51. The maximum atomic E-state index is 12.6. The number of nitrogens with two attached hydrogens (primary N) is 1. The lowest BCUT2D eigenvalue weighted by Crippen LogP contribution is -2.21. The number of hydrogen-bond acceptors (Lipinski definition) is 4. The number of aromatic nitrogens is 1.